The number of methoxy groups -OCH3 is 1. The van der Waals surface area contributed by atoms with Gasteiger partial charge < -0.3 is 10.1 Å². The van der Waals surface area contributed by atoms with Crippen molar-refractivity contribution < 1.29 is 4.74 Å². The average molecular weight is 239 g/mol. The van der Waals surface area contributed by atoms with Crippen LogP contribution in [-0.2, 0) is 4.74 Å². The lowest BCUT2D eigenvalue weighted by atomic mass is 10.2. The summed E-state index contributed by atoms with van der Waals surface area (Å²) in [6, 6.07) is 7.29. The molecule has 4 heteroatoms. The van der Waals surface area contributed by atoms with Crippen LogP contribution in [-0.4, -0.2) is 20.3 Å². The molecule has 0 aromatic heterocycles. The number of unbranched alkanes of at least 4 members (excludes halogenated alkanes) is 1. The van der Waals surface area contributed by atoms with Crippen LogP contribution in [0.5, 0.6) is 0 Å². The van der Waals surface area contributed by atoms with Crippen LogP contribution in [0.15, 0.2) is 18.2 Å². The molecule has 0 aliphatic heterocycles. The summed E-state index contributed by atoms with van der Waals surface area (Å²) in [5.74, 6) is 0. The van der Waals surface area contributed by atoms with Crippen molar-refractivity contribution in [3.63, 3.8) is 0 Å². The molecule has 1 rings (SSSR count). The molecule has 0 radical (unpaired) electrons. The average Bonchev–Trinajstić information content (AvgIpc) is 2.31. The zero-order valence-corrected chi connectivity index (χ0v) is 10.0. The van der Waals surface area contributed by atoms with Gasteiger partial charge in [-0.1, -0.05) is 11.6 Å². The topological polar surface area (TPSA) is 45.0 Å². The maximum atomic E-state index is 8.76. The molecule has 1 aromatic carbocycles. The van der Waals surface area contributed by atoms with Gasteiger partial charge in [-0.25, -0.2) is 0 Å². The summed E-state index contributed by atoms with van der Waals surface area (Å²) in [5, 5.41) is 12.6. The molecule has 0 unspecified atom stereocenters. The van der Waals surface area contributed by atoms with Crippen molar-refractivity contribution in [3.05, 3.63) is 28.8 Å². The Labute approximate surface area is 101 Å². The molecule has 1 N–H and O–H groups in total. The van der Waals surface area contributed by atoms with E-state index in [1.165, 1.54) is 0 Å². The first-order valence-corrected chi connectivity index (χ1v) is 5.58. The maximum absolute atomic E-state index is 8.76. The van der Waals surface area contributed by atoms with Crippen molar-refractivity contribution in [2.24, 2.45) is 0 Å². The molecule has 0 saturated heterocycles. The van der Waals surface area contributed by atoms with Gasteiger partial charge in [-0.3, -0.25) is 0 Å². The summed E-state index contributed by atoms with van der Waals surface area (Å²) in [6.45, 7) is 1.60. The fourth-order valence-electron chi connectivity index (χ4n) is 1.32. The molecule has 0 fully saturated rings. The van der Waals surface area contributed by atoms with Crippen molar-refractivity contribution in [1.29, 1.82) is 5.26 Å². The fraction of sp³-hybridized carbons (Fsp3) is 0.417. The third kappa shape index (κ3) is 4.09. The van der Waals surface area contributed by atoms with E-state index in [2.05, 4.69) is 11.4 Å². The smallest absolute Gasteiger partial charge is 0.0992 e. The van der Waals surface area contributed by atoms with E-state index in [9.17, 15) is 0 Å². The summed E-state index contributed by atoms with van der Waals surface area (Å²) >= 11 is 6.00. The van der Waals surface area contributed by atoms with Crippen molar-refractivity contribution >= 4 is 17.3 Å². The van der Waals surface area contributed by atoms with Crippen LogP contribution >= 0.6 is 11.6 Å². The molecule has 86 valence electrons. The Bertz CT molecular complexity index is 374. The molecular weight excluding hydrogens is 224 g/mol. The van der Waals surface area contributed by atoms with Crippen LogP contribution in [0, 0.1) is 11.3 Å². The van der Waals surface area contributed by atoms with Crippen LogP contribution in [0.25, 0.3) is 0 Å². The number of ether oxygens (including phenoxy) is 1. The molecule has 0 aliphatic rings. The lowest BCUT2D eigenvalue weighted by molar-refractivity contribution is 0.194. The first-order chi connectivity index (χ1) is 7.77. The van der Waals surface area contributed by atoms with Gasteiger partial charge in [0, 0.05) is 20.3 Å². The summed E-state index contributed by atoms with van der Waals surface area (Å²) in [5.41, 5.74) is 1.43. The van der Waals surface area contributed by atoms with Gasteiger partial charge >= 0.3 is 0 Å². The van der Waals surface area contributed by atoms with Gasteiger partial charge in [-0.2, -0.15) is 5.26 Å². The number of hydrogen-bond acceptors (Lipinski definition) is 3. The monoisotopic (exact) mass is 238 g/mol. The first-order valence-electron chi connectivity index (χ1n) is 5.20. The van der Waals surface area contributed by atoms with Crippen LogP contribution in [0.2, 0.25) is 5.02 Å². The molecule has 1 aromatic rings. The third-order valence-corrected chi connectivity index (χ3v) is 2.52. The molecular formula is C12H15ClN2O. The van der Waals surface area contributed by atoms with Gasteiger partial charge in [0.1, 0.15) is 0 Å². The Morgan fingerprint density at radius 3 is 2.94 bits per heavy atom. The summed E-state index contributed by atoms with van der Waals surface area (Å²) in [7, 11) is 1.70. The molecule has 0 bridgehead atoms. The van der Waals surface area contributed by atoms with Crippen LogP contribution in [0.3, 0.4) is 0 Å². The SMILES string of the molecule is COCCCCNc1cc(C#N)ccc1Cl. The Kier molecular flexibility index (Phi) is 5.69. The number of benzene rings is 1. The lowest BCUT2D eigenvalue weighted by Gasteiger charge is -2.08. The highest BCUT2D eigenvalue weighted by Gasteiger charge is 2.00. The van der Waals surface area contributed by atoms with E-state index in [0.29, 0.717) is 10.6 Å². The van der Waals surface area contributed by atoms with E-state index in [-0.39, 0.29) is 0 Å². The Hall–Kier alpha value is -1.24. The lowest BCUT2D eigenvalue weighted by Crippen LogP contribution is -2.03. The zero-order chi connectivity index (χ0) is 11.8. The molecule has 0 saturated carbocycles. The Balaban J connectivity index is 2.44. The van der Waals surface area contributed by atoms with E-state index in [1.807, 2.05) is 0 Å². The largest absolute Gasteiger partial charge is 0.385 e. The summed E-state index contributed by atoms with van der Waals surface area (Å²) in [4.78, 5) is 0. The Morgan fingerprint density at radius 2 is 2.25 bits per heavy atom. The van der Waals surface area contributed by atoms with Gasteiger partial charge in [0.2, 0.25) is 0 Å². The van der Waals surface area contributed by atoms with Gasteiger partial charge in [-0.15, -0.1) is 0 Å². The van der Waals surface area contributed by atoms with Crippen LogP contribution in [0.1, 0.15) is 18.4 Å². The van der Waals surface area contributed by atoms with E-state index >= 15 is 0 Å². The molecule has 3 nitrogen and oxygen atoms in total. The van der Waals surface area contributed by atoms with Crippen molar-refractivity contribution in [2.75, 3.05) is 25.6 Å². The maximum Gasteiger partial charge on any atom is 0.0992 e. The number of nitrogens with one attached hydrogen (secondary N) is 1. The van der Waals surface area contributed by atoms with Gasteiger partial charge in [0.15, 0.2) is 0 Å². The van der Waals surface area contributed by atoms with E-state index in [1.54, 1.807) is 25.3 Å². The molecule has 0 heterocycles. The standard InChI is InChI=1S/C12H15ClN2O/c1-16-7-3-2-6-15-12-8-10(9-14)4-5-11(12)13/h4-5,8,15H,2-3,6-7H2,1H3. The highest BCUT2D eigenvalue weighted by atomic mass is 35.5. The van der Waals surface area contributed by atoms with Gasteiger partial charge in [0.05, 0.1) is 22.3 Å². The van der Waals surface area contributed by atoms with E-state index in [0.717, 1.165) is 31.7 Å². The second-order valence-electron chi connectivity index (χ2n) is 3.43. The molecule has 0 spiro atoms. The Morgan fingerprint density at radius 1 is 1.44 bits per heavy atom. The first kappa shape index (κ1) is 12.8. The highest BCUT2D eigenvalue weighted by Crippen LogP contribution is 2.22. The van der Waals surface area contributed by atoms with E-state index in [4.69, 9.17) is 21.6 Å². The van der Waals surface area contributed by atoms with Crippen LogP contribution < -0.4 is 5.32 Å². The summed E-state index contributed by atoms with van der Waals surface area (Å²) in [6.07, 6.45) is 2.03. The molecule has 0 atom stereocenters. The second kappa shape index (κ2) is 7.10. The number of halogens is 1. The highest BCUT2D eigenvalue weighted by molar-refractivity contribution is 6.33. The number of hydrogen-bond donors (Lipinski definition) is 1. The third-order valence-electron chi connectivity index (χ3n) is 2.19. The minimum atomic E-state index is 0.615. The predicted octanol–water partition coefficient (Wildman–Crippen LogP) is 3.05. The quantitative estimate of drug-likeness (QED) is 0.775. The fourth-order valence-corrected chi connectivity index (χ4v) is 1.51. The van der Waals surface area contributed by atoms with Crippen LogP contribution in [0.4, 0.5) is 5.69 Å². The minimum Gasteiger partial charge on any atom is -0.385 e. The normalized spacial score (nSPS) is 9.81. The van der Waals surface area contributed by atoms with Crippen molar-refractivity contribution in [1.82, 2.24) is 0 Å². The number of nitrogens with zero attached hydrogens (tertiary/aromatic N) is 1. The number of anilines is 1. The molecule has 16 heavy (non-hydrogen) atoms. The molecule has 0 aliphatic carbocycles. The van der Waals surface area contributed by atoms with Gasteiger partial charge in [0.25, 0.3) is 0 Å². The van der Waals surface area contributed by atoms with E-state index < -0.39 is 0 Å². The van der Waals surface area contributed by atoms with Crippen molar-refractivity contribution in [3.8, 4) is 6.07 Å². The molecule has 0 amide bonds. The second-order valence-corrected chi connectivity index (χ2v) is 3.84. The van der Waals surface area contributed by atoms with Crippen molar-refractivity contribution in [2.45, 2.75) is 12.8 Å². The van der Waals surface area contributed by atoms with Gasteiger partial charge in [-0.05, 0) is 31.0 Å². The number of nitriles is 1. The minimum absolute atomic E-state index is 0.615. The zero-order valence-electron chi connectivity index (χ0n) is 9.29. The predicted molar refractivity (Wildman–Crippen MR) is 65.8 cm³/mol. The number of rotatable bonds is 6. The summed E-state index contributed by atoms with van der Waals surface area (Å²) < 4.78 is 4.96.